The molecule has 0 fully saturated rings. The average Bonchev–Trinajstić information content (AvgIpc) is 2.67. The van der Waals surface area contributed by atoms with E-state index in [4.69, 9.17) is 0 Å². The zero-order chi connectivity index (χ0) is 18.4. The van der Waals surface area contributed by atoms with Crippen molar-refractivity contribution >= 4 is 11.8 Å². The summed E-state index contributed by atoms with van der Waals surface area (Å²) < 4.78 is 25.3. The van der Waals surface area contributed by atoms with Gasteiger partial charge in [0.2, 0.25) is 0 Å². The lowest BCUT2D eigenvalue weighted by atomic mass is 10.0. The number of hydrogen-bond acceptors (Lipinski definition) is 1. The van der Waals surface area contributed by atoms with E-state index in [9.17, 15) is 8.78 Å². The summed E-state index contributed by atoms with van der Waals surface area (Å²) in [5, 5.41) is -0.0533. The molecule has 26 heavy (non-hydrogen) atoms. The van der Waals surface area contributed by atoms with Gasteiger partial charge in [0.1, 0.15) is 0 Å². The lowest BCUT2D eigenvalue weighted by molar-refractivity contribution is 0.417. The van der Waals surface area contributed by atoms with Crippen LogP contribution in [0.3, 0.4) is 0 Å². The van der Waals surface area contributed by atoms with Crippen LogP contribution in [0.4, 0.5) is 8.78 Å². The quantitative estimate of drug-likeness (QED) is 0.403. The van der Waals surface area contributed by atoms with E-state index in [2.05, 4.69) is 24.3 Å². The van der Waals surface area contributed by atoms with Gasteiger partial charge in [-0.3, -0.25) is 0 Å². The molecule has 0 nitrogen and oxygen atoms in total. The van der Waals surface area contributed by atoms with Crippen LogP contribution in [-0.2, 0) is 0 Å². The van der Waals surface area contributed by atoms with Crippen molar-refractivity contribution in [1.82, 2.24) is 0 Å². The molecule has 1 atom stereocenters. The summed E-state index contributed by atoms with van der Waals surface area (Å²) in [6.45, 7) is 2.05. The van der Waals surface area contributed by atoms with Crippen LogP contribution in [0.1, 0.15) is 22.8 Å². The van der Waals surface area contributed by atoms with Crippen LogP contribution >= 0.6 is 11.8 Å². The Morgan fingerprint density at radius 2 is 1.46 bits per heavy atom. The maximum absolute atomic E-state index is 12.7. The Morgan fingerprint density at radius 3 is 2.12 bits per heavy atom. The maximum Gasteiger partial charge on any atom is 0.266 e. The molecule has 0 unspecified atom stereocenters. The summed E-state index contributed by atoms with van der Waals surface area (Å²) in [6.07, 6.45) is -0.311. The monoisotopic (exact) mass is 366 g/mol. The Morgan fingerprint density at radius 1 is 0.846 bits per heavy atom. The number of aryl methyl sites for hydroxylation is 1. The molecule has 0 heterocycles. The smallest absolute Gasteiger partial charge is 0.174 e. The van der Waals surface area contributed by atoms with E-state index in [-0.39, 0.29) is 5.25 Å². The first-order chi connectivity index (χ1) is 12.6. The van der Waals surface area contributed by atoms with E-state index in [1.807, 2.05) is 61.5 Å². The van der Waals surface area contributed by atoms with Gasteiger partial charge in [-0.1, -0.05) is 72.8 Å². The van der Waals surface area contributed by atoms with E-state index >= 15 is 0 Å². The summed E-state index contributed by atoms with van der Waals surface area (Å²) in [6, 6.07) is 26.4. The molecule has 0 bridgehead atoms. The van der Waals surface area contributed by atoms with Gasteiger partial charge >= 0.3 is 0 Å². The third kappa shape index (κ3) is 4.83. The molecular formula is C23H20F2S. The van der Waals surface area contributed by atoms with Crippen LogP contribution in [0.2, 0.25) is 0 Å². The van der Waals surface area contributed by atoms with Crippen molar-refractivity contribution in [2.45, 2.75) is 23.5 Å². The predicted octanol–water partition coefficient (Wildman–Crippen LogP) is 7.67. The van der Waals surface area contributed by atoms with Gasteiger partial charge in [0, 0.05) is 10.1 Å². The largest absolute Gasteiger partial charge is 0.266 e. The fourth-order valence-electron chi connectivity index (χ4n) is 2.81. The van der Waals surface area contributed by atoms with Gasteiger partial charge in [0.05, 0.1) is 0 Å². The Hall–Kier alpha value is -2.39. The van der Waals surface area contributed by atoms with Crippen LogP contribution < -0.4 is 0 Å². The van der Waals surface area contributed by atoms with Crippen molar-refractivity contribution in [3.05, 3.63) is 102 Å². The third-order valence-electron chi connectivity index (χ3n) is 4.24. The molecule has 0 amide bonds. The third-order valence-corrected chi connectivity index (χ3v) is 5.70. The lowest BCUT2D eigenvalue weighted by Crippen LogP contribution is -1.94. The van der Waals surface area contributed by atoms with Crippen molar-refractivity contribution in [3.63, 3.8) is 0 Å². The Balaban J connectivity index is 1.86. The summed E-state index contributed by atoms with van der Waals surface area (Å²) in [5.74, 6) is 0. The molecule has 3 aromatic rings. The van der Waals surface area contributed by atoms with Crippen molar-refractivity contribution in [2.75, 3.05) is 0 Å². The molecule has 0 aliphatic carbocycles. The zero-order valence-corrected chi connectivity index (χ0v) is 15.3. The van der Waals surface area contributed by atoms with Gasteiger partial charge in [-0.05, 0) is 47.7 Å². The van der Waals surface area contributed by atoms with Gasteiger partial charge in [-0.25, -0.2) is 0 Å². The molecule has 3 aromatic carbocycles. The number of hydrogen-bond donors (Lipinski definition) is 0. The first kappa shape index (κ1) is 18.4. The van der Waals surface area contributed by atoms with E-state index in [0.717, 1.165) is 33.2 Å². The molecule has 0 saturated carbocycles. The van der Waals surface area contributed by atoms with E-state index < -0.39 is 6.08 Å². The summed E-state index contributed by atoms with van der Waals surface area (Å²) in [4.78, 5) is 1.12. The molecule has 0 radical (unpaired) electrons. The molecule has 0 aliphatic rings. The number of thioether (sulfide) groups is 1. The Kier molecular flexibility index (Phi) is 6.24. The van der Waals surface area contributed by atoms with Crippen LogP contribution in [0.5, 0.6) is 0 Å². The molecular weight excluding hydrogens is 346 g/mol. The highest BCUT2D eigenvalue weighted by atomic mass is 32.2. The molecule has 0 aromatic heterocycles. The summed E-state index contributed by atoms with van der Waals surface area (Å²) in [7, 11) is 0. The zero-order valence-electron chi connectivity index (χ0n) is 14.5. The summed E-state index contributed by atoms with van der Waals surface area (Å²) in [5.41, 5.74) is 4.49. The lowest BCUT2D eigenvalue weighted by Gasteiger charge is -2.17. The normalized spacial score (nSPS) is 11.8. The van der Waals surface area contributed by atoms with Crippen LogP contribution in [0.15, 0.2) is 95.9 Å². The standard InChI is InChI=1S/C23H20F2S/c1-17-7-5-6-10-21(17)26-22(15-16-23(24)25)20-13-11-19(12-14-20)18-8-3-2-4-9-18/h2-14,16,22H,15H2,1H3/t22-/m0/s1. The van der Waals surface area contributed by atoms with E-state index in [1.54, 1.807) is 11.8 Å². The minimum absolute atomic E-state index is 0.0533. The molecule has 132 valence electrons. The molecule has 0 saturated heterocycles. The minimum Gasteiger partial charge on any atom is -0.174 e. The Bertz CT molecular complexity index is 866. The van der Waals surface area contributed by atoms with Crippen molar-refractivity contribution in [1.29, 1.82) is 0 Å². The first-order valence-electron chi connectivity index (χ1n) is 8.52. The van der Waals surface area contributed by atoms with Crippen molar-refractivity contribution in [3.8, 4) is 11.1 Å². The maximum atomic E-state index is 12.7. The Labute approximate surface area is 157 Å². The molecule has 0 spiro atoms. The van der Waals surface area contributed by atoms with Crippen molar-refractivity contribution < 1.29 is 8.78 Å². The highest BCUT2D eigenvalue weighted by Gasteiger charge is 2.14. The fourth-order valence-corrected chi connectivity index (χ4v) is 4.01. The second-order valence-corrected chi connectivity index (χ2v) is 7.33. The number of allylic oxidation sites excluding steroid dienone is 1. The van der Waals surface area contributed by atoms with Crippen LogP contribution in [0, 0.1) is 6.92 Å². The topological polar surface area (TPSA) is 0 Å². The first-order valence-corrected chi connectivity index (χ1v) is 9.40. The SMILES string of the molecule is Cc1ccccc1S[C@@H](CC=C(F)F)c1ccc(-c2ccccc2)cc1. The second kappa shape index (κ2) is 8.81. The van der Waals surface area contributed by atoms with Gasteiger partial charge in [-0.15, -0.1) is 11.8 Å². The van der Waals surface area contributed by atoms with Gasteiger partial charge < -0.3 is 0 Å². The molecule has 3 heteroatoms. The predicted molar refractivity (Wildman–Crippen MR) is 107 cm³/mol. The van der Waals surface area contributed by atoms with E-state index in [1.165, 1.54) is 0 Å². The minimum atomic E-state index is -1.62. The second-order valence-electron chi connectivity index (χ2n) is 6.09. The van der Waals surface area contributed by atoms with Crippen molar-refractivity contribution in [2.24, 2.45) is 0 Å². The van der Waals surface area contributed by atoms with E-state index in [0.29, 0.717) is 6.42 Å². The van der Waals surface area contributed by atoms with Gasteiger partial charge in [-0.2, -0.15) is 8.78 Å². The van der Waals surface area contributed by atoms with Crippen LogP contribution in [-0.4, -0.2) is 0 Å². The van der Waals surface area contributed by atoms with Gasteiger partial charge in [0.25, 0.3) is 6.08 Å². The fraction of sp³-hybridized carbons (Fsp3) is 0.130. The average molecular weight is 366 g/mol. The number of halogens is 2. The van der Waals surface area contributed by atoms with Crippen LogP contribution in [0.25, 0.3) is 11.1 Å². The summed E-state index contributed by atoms with van der Waals surface area (Å²) >= 11 is 1.63. The highest BCUT2D eigenvalue weighted by molar-refractivity contribution is 7.99. The highest BCUT2D eigenvalue weighted by Crippen LogP contribution is 2.40. The van der Waals surface area contributed by atoms with Gasteiger partial charge in [0.15, 0.2) is 0 Å². The molecule has 3 rings (SSSR count). The number of benzene rings is 3. The molecule has 0 aliphatic heterocycles. The number of rotatable bonds is 6. The molecule has 0 N–H and O–H groups in total.